The standard InChI is InChI=1S/C15H22FN3O/c16-12-1-3-14(4-2-12)19-7-5-18(6-8-19)11-13-9-15(20)10-17-13/h1-4,13,15,17,20H,5-11H2. The number of aliphatic hydroxyl groups excluding tert-OH is 1. The molecule has 4 nitrogen and oxygen atoms in total. The minimum atomic E-state index is -0.182. The van der Waals surface area contributed by atoms with Crippen molar-refractivity contribution in [1.29, 1.82) is 0 Å². The van der Waals surface area contributed by atoms with Gasteiger partial charge in [0.2, 0.25) is 0 Å². The molecular formula is C15H22FN3O. The van der Waals surface area contributed by atoms with Crippen molar-refractivity contribution in [2.45, 2.75) is 18.6 Å². The van der Waals surface area contributed by atoms with Gasteiger partial charge >= 0.3 is 0 Å². The third kappa shape index (κ3) is 3.29. The Labute approximate surface area is 119 Å². The van der Waals surface area contributed by atoms with Gasteiger partial charge in [-0.05, 0) is 30.7 Å². The lowest BCUT2D eigenvalue weighted by atomic mass is 10.1. The molecule has 0 aliphatic carbocycles. The van der Waals surface area contributed by atoms with Crippen molar-refractivity contribution in [3.63, 3.8) is 0 Å². The zero-order valence-electron chi connectivity index (χ0n) is 11.6. The quantitative estimate of drug-likeness (QED) is 0.853. The summed E-state index contributed by atoms with van der Waals surface area (Å²) in [4.78, 5) is 4.74. The Morgan fingerprint density at radius 3 is 2.45 bits per heavy atom. The average Bonchev–Trinajstić information content (AvgIpc) is 2.86. The molecule has 0 bridgehead atoms. The molecule has 0 radical (unpaired) electrons. The van der Waals surface area contributed by atoms with E-state index in [-0.39, 0.29) is 11.9 Å². The third-order valence-corrected chi connectivity index (χ3v) is 4.24. The van der Waals surface area contributed by atoms with Crippen LogP contribution in [0.2, 0.25) is 0 Å². The van der Waals surface area contributed by atoms with Gasteiger partial charge in [-0.3, -0.25) is 4.90 Å². The molecular weight excluding hydrogens is 257 g/mol. The fourth-order valence-corrected chi connectivity index (χ4v) is 3.09. The van der Waals surface area contributed by atoms with E-state index in [1.54, 1.807) is 0 Å². The number of aliphatic hydroxyl groups is 1. The summed E-state index contributed by atoms with van der Waals surface area (Å²) in [6.07, 6.45) is 0.679. The number of hydrogen-bond acceptors (Lipinski definition) is 4. The maximum absolute atomic E-state index is 12.9. The van der Waals surface area contributed by atoms with Crippen molar-refractivity contribution < 1.29 is 9.50 Å². The first-order chi connectivity index (χ1) is 9.70. The van der Waals surface area contributed by atoms with Crippen LogP contribution >= 0.6 is 0 Å². The Bertz CT molecular complexity index is 431. The lowest BCUT2D eigenvalue weighted by Crippen LogP contribution is -2.49. The monoisotopic (exact) mass is 279 g/mol. The number of hydrogen-bond donors (Lipinski definition) is 2. The van der Waals surface area contributed by atoms with Crippen LogP contribution in [0.4, 0.5) is 10.1 Å². The summed E-state index contributed by atoms with van der Waals surface area (Å²) in [5, 5.41) is 12.9. The van der Waals surface area contributed by atoms with Crippen LogP contribution in [0.3, 0.4) is 0 Å². The molecule has 1 aromatic carbocycles. The van der Waals surface area contributed by atoms with Crippen LogP contribution in [0.15, 0.2) is 24.3 Å². The molecule has 20 heavy (non-hydrogen) atoms. The lowest BCUT2D eigenvalue weighted by molar-refractivity contribution is 0.185. The summed E-state index contributed by atoms with van der Waals surface area (Å²) in [6, 6.07) is 7.15. The number of anilines is 1. The van der Waals surface area contributed by atoms with Gasteiger partial charge in [0.15, 0.2) is 0 Å². The molecule has 5 heteroatoms. The third-order valence-electron chi connectivity index (χ3n) is 4.24. The lowest BCUT2D eigenvalue weighted by Gasteiger charge is -2.37. The van der Waals surface area contributed by atoms with Gasteiger partial charge < -0.3 is 15.3 Å². The Morgan fingerprint density at radius 1 is 1.15 bits per heavy atom. The predicted octanol–water partition coefficient (Wildman–Crippen LogP) is 0.670. The van der Waals surface area contributed by atoms with Gasteiger partial charge in [-0.15, -0.1) is 0 Å². The molecule has 2 N–H and O–H groups in total. The van der Waals surface area contributed by atoms with Crippen LogP contribution in [0.5, 0.6) is 0 Å². The highest BCUT2D eigenvalue weighted by molar-refractivity contribution is 5.46. The summed E-state index contributed by atoms with van der Waals surface area (Å²) in [5.41, 5.74) is 1.10. The largest absolute Gasteiger partial charge is 0.392 e. The fourth-order valence-electron chi connectivity index (χ4n) is 3.09. The first-order valence-electron chi connectivity index (χ1n) is 7.35. The number of halogens is 1. The average molecular weight is 279 g/mol. The number of nitrogens with one attached hydrogen (secondary N) is 1. The van der Waals surface area contributed by atoms with Gasteiger partial charge in [0, 0.05) is 51.0 Å². The van der Waals surface area contributed by atoms with E-state index in [1.807, 2.05) is 12.1 Å². The molecule has 0 saturated carbocycles. The molecule has 0 aromatic heterocycles. The number of nitrogens with zero attached hydrogens (tertiary/aromatic N) is 2. The summed E-state index contributed by atoms with van der Waals surface area (Å²) in [5.74, 6) is -0.182. The Morgan fingerprint density at radius 2 is 1.85 bits per heavy atom. The normalized spacial score (nSPS) is 28.0. The summed E-state index contributed by atoms with van der Waals surface area (Å²) < 4.78 is 12.9. The van der Waals surface area contributed by atoms with Crippen LogP contribution in [0.1, 0.15) is 6.42 Å². The fraction of sp³-hybridized carbons (Fsp3) is 0.600. The van der Waals surface area contributed by atoms with Gasteiger partial charge in [-0.2, -0.15) is 0 Å². The SMILES string of the molecule is OC1CNC(CN2CCN(c3ccc(F)cc3)CC2)C1. The molecule has 2 saturated heterocycles. The van der Waals surface area contributed by atoms with E-state index in [0.29, 0.717) is 6.04 Å². The Balaban J connectivity index is 1.48. The van der Waals surface area contributed by atoms with Gasteiger partial charge in [0.05, 0.1) is 6.10 Å². The van der Waals surface area contributed by atoms with E-state index >= 15 is 0 Å². The number of rotatable bonds is 3. The van der Waals surface area contributed by atoms with E-state index in [1.165, 1.54) is 12.1 Å². The Kier molecular flexibility index (Phi) is 4.19. The second kappa shape index (κ2) is 6.08. The molecule has 2 atom stereocenters. The van der Waals surface area contributed by atoms with Crippen molar-refractivity contribution in [3.05, 3.63) is 30.1 Å². The zero-order valence-corrected chi connectivity index (χ0v) is 11.6. The smallest absolute Gasteiger partial charge is 0.123 e. The van der Waals surface area contributed by atoms with E-state index in [4.69, 9.17) is 0 Å². The van der Waals surface area contributed by atoms with Crippen LogP contribution in [0.25, 0.3) is 0 Å². The van der Waals surface area contributed by atoms with Gasteiger partial charge in [0.1, 0.15) is 5.82 Å². The second-order valence-electron chi connectivity index (χ2n) is 5.76. The molecule has 2 heterocycles. The van der Waals surface area contributed by atoms with Crippen molar-refractivity contribution in [2.75, 3.05) is 44.2 Å². The molecule has 2 fully saturated rings. The first kappa shape index (κ1) is 13.8. The number of benzene rings is 1. The summed E-state index contributed by atoms with van der Waals surface area (Å²) in [6.45, 7) is 5.72. The minimum Gasteiger partial charge on any atom is -0.392 e. The predicted molar refractivity (Wildman–Crippen MR) is 77.5 cm³/mol. The molecule has 2 aliphatic heterocycles. The van der Waals surface area contributed by atoms with Crippen molar-refractivity contribution in [2.24, 2.45) is 0 Å². The summed E-state index contributed by atoms with van der Waals surface area (Å²) in [7, 11) is 0. The molecule has 0 spiro atoms. The van der Waals surface area contributed by atoms with Crippen molar-refractivity contribution >= 4 is 5.69 Å². The Hall–Kier alpha value is -1.17. The summed E-state index contributed by atoms with van der Waals surface area (Å²) >= 11 is 0. The van der Waals surface area contributed by atoms with E-state index in [9.17, 15) is 9.50 Å². The highest BCUT2D eigenvalue weighted by atomic mass is 19.1. The van der Waals surface area contributed by atoms with Gasteiger partial charge in [-0.1, -0.05) is 0 Å². The highest BCUT2D eigenvalue weighted by Crippen LogP contribution is 2.17. The van der Waals surface area contributed by atoms with Crippen LogP contribution in [-0.4, -0.2) is 61.4 Å². The minimum absolute atomic E-state index is 0.180. The van der Waals surface area contributed by atoms with Crippen LogP contribution < -0.4 is 10.2 Å². The van der Waals surface area contributed by atoms with Crippen molar-refractivity contribution in [3.8, 4) is 0 Å². The zero-order chi connectivity index (χ0) is 13.9. The molecule has 2 unspecified atom stereocenters. The first-order valence-corrected chi connectivity index (χ1v) is 7.35. The van der Waals surface area contributed by atoms with Crippen molar-refractivity contribution in [1.82, 2.24) is 10.2 Å². The molecule has 3 rings (SSSR count). The number of piperazine rings is 1. The molecule has 2 aliphatic rings. The maximum Gasteiger partial charge on any atom is 0.123 e. The van der Waals surface area contributed by atoms with E-state index in [2.05, 4.69) is 15.1 Å². The topological polar surface area (TPSA) is 38.7 Å². The number of β-amino-alcohol motifs (C(OH)–C–C–N with tert-alkyl or cyclic N) is 1. The van der Waals surface area contributed by atoms with E-state index in [0.717, 1.165) is 51.4 Å². The van der Waals surface area contributed by atoms with Crippen LogP contribution in [-0.2, 0) is 0 Å². The van der Waals surface area contributed by atoms with Gasteiger partial charge in [-0.25, -0.2) is 4.39 Å². The molecule has 110 valence electrons. The molecule has 0 amide bonds. The van der Waals surface area contributed by atoms with Crippen LogP contribution in [0, 0.1) is 5.82 Å². The maximum atomic E-state index is 12.9. The second-order valence-corrected chi connectivity index (χ2v) is 5.76. The molecule has 1 aromatic rings. The van der Waals surface area contributed by atoms with E-state index < -0.39 is 0 Å². The highest BCUT2D eigenvalue weighted by Gasteiger charge is 2.25. The van der Waals surface area contributed by atoms with Gasteiger partial charge in [0.25, 0.3) is 0 Å².